The average Bonchev–Trinajstić information content (AvgIpc) is 3.46. The highest BCUT2D eigenvalue weighted by Crippen LogP contribution is 2.45. The number of rotatable bonds is 4. The molecule has 1 aromatic rings. The maximum absolute atomic E-state index is 13.4. The molecule has 3 saturated heterocycles. The van der Waals surface area contributed by atoms with Gasteiger partial charge in [-0.15, -0.1) is 11.3 Å². The Morgan fingerprint density at radius 3 is 2.40 bits per heavy atom. The largest absolute Gasteiger partial charge is 0.481 e. The van der Waals surface area contributed by atoms with E-state index in [0.717, 1.165) is 63.6 Å². The van der Waals surface area contributed by atoms with Crippen LogP contribution in [0, 0.1) is 11.8 Å². The van der Waals surface area contributed by atoms with Crippen LogP contribution in [0.25, 0.3) is 0 Å². The summed E-state index contributed by atoms with van der Waals surface area (Å²) >= 11 is 1.50. The van der Waals surface area contributed by atoms with Crippen molar-refractivity contribution in [2.24, 2.45) is 11.8 Å². The fourth-order valence-electron chi connectivity index (χ4n) is 5.66. The first-order chi connectivity index (χ1) is 14.5. The third-order valence-electron chi connectivity index (χ3n) is 7.13. The van der Waals surface area contributed by atoms with E-state index in [4.69, 9.17) is 4.74 Å². The first kappa shape index (κ1) is 20.0. The molecule has 3 aliphatic heterocycles. The Morgan fingerprint density at radius 2 is 1.67 bits per heavy atom. The topological polar surface area (TPSA) is 95.9 Å². The molecule has 0 saturated carbocycles. The molecule has 5 rings (SSSR count). The fourth-order valence-corrected chi connectivity index (χ4v) is 6.94. The normalized spacial score (nSPS) is 30.2. The summed E-state index contributed by atoms with van der Waals surface area (Å²) in [6.45, 7) is 1.52. The van der Waals surface area contributed by atoms with Crippen LogP contribution < -0.4 is 5.32 Å². The number of likely N-dealkylation sites (tertiary alicyclic amines) is 1. The van der Waals surface area contributed by atoms with E-state index in [9.17, 15) is 19.5 Å². The van der Waals surface area contributed by atoms with Gasteiger partial charge in [0.25, 0.3) is 5.91 Å². The van der Waals surface area contributed by atoms with E-state index in [-0.39, 0.29) is 24.0 Å². The summed E-state index contributed by atoms with van der Waals surface area (Å²) < 4.78 is 5.76. The van der Waals surface area contributed by atoms with Crippen molar-refractivity contribution in [3.63, 3.8) is 0 Å². The van der Waals surface area contributed by atoms with Gasteiger partial charge in [-0.1, -0.05) is 0 Å². The third-order valence-corrected chi connectivity index (χ3v) is 8.33. The predicted molar refractivity (Wildman–Crippen MR) is 112 cm³/mol. The molecule has 30 heavy (non-hydrogen) atoms. The number of carboxylic acids is 1. The molecule has 162 valence electrons. The zero-order valence-electron chi connectivity index (χ0n) is 17.0. The molecule has 7 nitrogen and oxygen atoms in total. The molecule has 2 bridgehead atoms. The van der Waals surface area contributed by atoms with Gasteiger partial charge in [-0.25, -0.2) is 0 Å². The van der Waals surface area contributed by atoms with Crippen molar-refractivity contribution in [2.45, 2.75) is 70.0 Å². The number of piperidine rings is 1. The van der Waals surface area contributed by atoms with E-state index < -0.39 is 17.8 Å². The van der Waals surface area contributed by atoms with Crippen LogP contribution in [0.4, 0.5) is 5.00 Å². The van der Waals surface area contributed by atoms with Gasteiger partial charge in [0.1, 0.15) is 5.00 Å². The van der Waals surface area contributed by atoms with Crippen molar-refractivity contribution in [2.75, 3.05) is 18.4 Å². The van der Waals surface area contributed by atoms with Crippen molar-refractivity contribution in [3.05, 3.63) is 16.0 Å². The number of thiophene rings is 1. The molecule has 0 unspecified atom stereocenters. The van der Waals surface area contributed by atoms with E-state index in [1.54, 1.807) is 0 Å². The van der Waals surface area contributed by atoms with Crippen LogP contribution in [0.5, 0.6) is 0 Å². The minimum absolute atomic E-state index is 0.0170. The number of aliphatic carboxylic acids is 1. The minimum Gasteiger partial charge on any atom is -0.481 e. The third kappa shape index (κ3) is 3.34. The van der Waals surface area contributed by atoms with E-state index in [1.165, 1.54) is 16.2 Å². The van der Waals surface area contributed by atoms with Crippen molar-refractivity contribution < 1.29 is 24.2 Å². The molecule has 2 N–H and O–H groups in total. The van der Waals surface area contributed by atoms with Crippen LogP contribution in [0.2, 0.25) is 0 Å². The van der Waals surface area contributed by atoms with Gasteiger partial charge in [-0.3, -0.25) is 14.4 Å². The number of hydrogen-bond acceptors (Lipinski definition) is 5. The van der Waals surface area contributed by atoms with Crippen molar-refractivity contribution in [1.82, 2.24) is 4.90 Å². The Morgan fingerprint density at radius 1 is 0.967 bits per heavy atom. The number of anilines is 1. The number of nitrogens with one attached hydrogen (secondary N) is 1. The number of fused-ring (bicyclic) bond motifs is 3. The summed E-state index contributed by atoms with van der Waals surface area (Å²) in [5, 5.41) is 13.2. The van der Waals surface area contributed by atoms with Crippen molar-refractivity contribution in [1.29, 1.82) is 0 Å². The van der Waals surface area contributed by atoms with E-state index in [1.807, 2.05) is 4.90 Å². The summed E-state index contributed by atoms with van der Waals surface area (Å²) in [7, 11) is 0. The molecule has 0 radical (unpaired) electrons. The molecule has 8 heteroatoms. The van der Waals surface area contributed by atoms with Gasteiger partial charge in [-0.2, -0.15) is 0 Å². The number of nitrogens with zero attached hydrogens (tertiary/aromatic N) is 1. The number of carbonyl (C=O) groups is 3. The SMILES string of the molecule is O=C(O)[C@H]1[C@H](C(=O)Nc2sc3c(c2C(=O)N2CCCCC2)CCCC3)[C@H]2CC[C@H]1O2. The van der Waals surface area contributed by atoms with E-state index in [2.05, 4.69) is 5.32 Å². The number of hydrogen-bond donors (Lipinski definition) is 2. The lowest BCUT2D eigenvalue weighted by Gasteiger charge is -2.28. The Balaban J connectivity index is 1.44. The number of carboxylic acid groups (broad SMARTS) is 1. The molecule has 4 atom stereocenters. The number of ether oxygens (including phenoxy) is 1. The van der Waals surface area contributed by atoms with Gasteiger partial charge >= 0.3 is 5.97 Å². The maximum Gasteiger partial charge on any atom is 0.310 e. The second-order valence-corrected chi connectivity index (χ2v) is 10.0. The second kappa shape index (κ2) is 7.96. The molecule has 4 heterocycles. The van der Waals surface area contributed by atoms with Gasteiger partial charge in [0.2, 0.25) is 5.91 Å². The average molecular weight is 433 g/mol. The zero-order valence-corrected chi connectivity index (χ0v) is 17.8. The Bertz CT molecular complexity index is 875. The van der Waals surface area contributed by atoms with E-state index in [0.29, 0.717) is 23.4 Å². The van der Waals surface area contributed by atoms with Gasteiger partial charge < -0.3 is 20.1 Å². The summed E-state index contributed by atoms with van der Waals surface area (Å²) in [6.07, 6.45) is 7.82. The lowest BCUT2D eigenvalue weighted by Crippen LogP contribution is -2.41. The standard InChI is InChI=1S/C22H28N2O5S/c25-19(17-13-8-9-14(29-13)18(17)22(27)28)23-20-16(12-6-2-3-7-15(12)30-20)21(26)24-10-4-1-5-11-24/h13-14,17-18H,1-11H2,(H,23,25)(H,27,28)/t13-,14-,17-,18-/m1/s1. The quantitative estimate of drug-likeness (QED) is 0.762. The number of aryl methyl sites for hydroxylation is 1. The summed E-state index contributed by atoms with van der Waals surface area (Å²) in [5.41, 5.74) is 1.75. The highest BCUT2D eigenvalue weighted by atomic mass is 32.1. The van der Waals surface area contributed by atoms with Crippen LogP contribution in [0.3, 0.4) is 0 Å². The highest BCUT2D eigenvalue weighted by Gasteiger charge is 2.55. The first-order valence-electron chi connectivity index (χ1n) is 11.2. The summed E-state index contributed by atoms with van der Waals surface area (Å²) in [5.74, 6) is -2.78. The minimum atomic E-state index is -0.975. The monoisotopic (exact) mass is 432 g/mol. The Labute approximate surface area is 179 Å². The molecule has 3 fully saturated rings. The highest BCUT2D eigenvalue weighted by molar-refractivity contribution is 7.17. The molecular formula is C22H28N2O5S. The van der Waals surface area contributed by atoms with Crippen LogP contribution >= 0.6 is 11.3 Å². The predicted octanol–water partition coefficient (Wildman–Crippen LogP) is 3.07. The number of carbonyl (C=O) groups excluding carboxylic acids is 2. The molecule has 0 spiro atoms. The summed E-state index contributed by atoms with van der Waals surface area (Å²) in [4.78, 5) is 41.5. The second-order valence-electron chi connectivity index (χ2n) is 8.94. The van der Waals surface area contributed by atoms with Gasteiger partial charge in [-0.05, 0) is 63.4 Å². The molecule has 0 aromatic carbocycles. The van der Waals surface area contributed by atoms with Crippen LogP contribution in [-0.2, 0) is 27.2 Å². The van der Waals surface area contributed by atoms with Crippen molar-refractivity contribution in [3.8, 4) is 0 Å². The summed E-state index contributed by atoms with van der Waals surface area (Å²) in [6, 6.07) is 0. The molecule has 1 aliphatic carbocycles. The Hall–Kier alpha value is -1.93. The van der Waals surface area contributed by atoms with Crippen LogP contribution in [0.1, 0.15) is 65.7 Å². The lowest BCUT2D eigenvalue weighted by molar-refractivity contribution is -0.147. The molecular weight excluding hydrogens is 404 g/mol. The Kier molecular flexibility index (Phi) is 5.31. The van der Waals surface area contributed by atoms with Crippen LogP contribution in [0.15, 0.2) is 0 Å². The van der Waals surface area contributed by atoms with Gasteiger partial charge in [0.15, 0.2) is 0 Å². The zero-order chi connectivity index (χ0) is 20.8. The number of amides is 2. The first-order valence-corrected chi connectivity index (χ1v) is 12.0. The van der Waals surface area contributed by atoms with Gasteiger partial charge in [0, 0.05) is 18.0 Å². The van der Waals surface area contributed by atoms with Gasteiger partial charge in [0.05, 0.1) is 29.6 Å². The fraction of sp³-hybridized carbons (Fsp3) is 0.682. The maximum atomic E-state index is 13.4. The smallest absolute Gasteiger partial charge is 0.310 e. The molecule has 1 aromatic heterocycles. The molecule has 4 aliphatic rings. The van der Waals surface area contributed by atoms with Crippen LogP contribution in [-0.4, -0.2) is 53.1 Å². The lowest BCUT2D eigenvalue weighted by atomic mass is 9.78. The van der Waals surface area contributed by atoms with Crippen molar-refractivity contribution >= 4 is 34.1 Å². The van der Waals surface area contributed by atoms with E-state index >= 15 is 0 Å². The molecule has 2 amide bonds.